The SMILES string of the molecule is CN(c1nc(C2CC2)c(C(=O)O)s1)C1CCCC1. The molecule has 2 saturated carbocycles. The van der Waals surface area contributed by atoms with E-state index >= 15 is 0 Å². The third-order valence-corrected chi connectivity index (χ3v) is 5.12. The second kappa shape index (κ2) is 4.53. The molecule has 98 valence electrons. The highest BCUT2D eigenvalue weighted by Crippen LogP contribution is 2.44. The summed E-state index contributed by atoms with van der Waals surface area (Å²) in [6.07, 6.45) is 7.16. The Morgan fingerprint density at radius 2 is 2.00 bits per heavy atom. The van der Waals surface area contributed by atoms with Crippen molar-refractivity contribution in [3.05, 3.63) is 10.6 Å². The van der Waals surface area contributed by atoms with E-state index in [-0.39, 0.29) is 0 Å². The summed E-state index contributed by atoms with van der Waals surface area (Å²) < 4.78 is 0. The molecule has 0 saturated heterocycles. The Kier molecular flexibility index (Phi) is 3.01. The number of aromatic nitrogens is 1. The average molecular weight is 266 g/mol. The highest BCUT2D eigenvalue weighted by atomic mass is 32.1. The normalized spacial score (nSPS) is 20.3. The van der Waals surface area contributed by atoms with Gasteiger partial charge in [-0.05, 0) is 25.7 Å². The van der Waals surface area contributed by atoms with Crippen LogP contribution in [0, 0.1) is 0 Å². The average Bonchev–Trinajstić information content (AvgIpc) is 2.91. The number of carboxylic acids is 1. The lowest BCUT2D eigenvalue weighted by Gasteiger charge is -2.23. The highest BCUT2D eigenvalue weighted by Gasteiger charge is 2.33. The van der Waals surface area contributed by atoms with Crippen molar-refractivity contribution in [2.24, 2.45) is 0 Å². The first-order valence-corrected chi connectivity index (χ1v) is 7.45. The molecule has 2 aliphatic carbocycles. The summed E-state index contributed by atoms with van der Waals surface area (Å²) >= 11 is 1.35. The van der Waals surface area contributed by atoms with Crippen molar-refractivity contribution in [3.8, 4) is 0 Å². The van der Waals surface area contributed by atoms with Crippen LogP contribution in [-0.2, 0) is 0 Å². The molecule has 1 heterocycles. The van der Waals surface area contributed by atoms with Crippen LogP contribution in [0.15, 0.2) is 0 Å². The molecule has 3 rings (SSSR count). The highest BCUT2D eigenvalue weighted by molar-refractivity contribution is 7.17. The molecule has 5 heteroatoms. The number of carbonyl (C=O) groups is 1. The lowest BCUT2D eigenvalue weighted by atomic mass is 10.2. The van der Waals surface area contributed by atoms with Gasteiger partial charge in [-0.2, -0.15) is 0 Å². The number of carboxylic acid groups (broad SMARTS) is 1. The van der Waals surface area contributed by atoms with E-state index in [2.05, 4.69) is 16.9 Å². The molecule has 0 amide bonds. The maximum absolute atomic E-state index is 11.3. The standard InChI is InChI=1S/C13H18N2O2S/c1-15(9-4-2-3-5-9)13-14-10(8-6-7-8)11(18-13)12(16)17/h8-9H,2-7H2,1H3,(H,16,17). The van der Waals surface area contributed by atoms with Crippen LogP contribution in [0.4, 0.5) is 5.13 Å². The van der Waals surface area contributed by atoms with Crippen LogP contribution in [-0.4, -0.2) is 29.1 Å². The van der Waals surface area contributed by atoms with Crippen molar-refractivity contribution >= 4 is 22.4 Å². The smallest absolute Gasteiger partial charge is 0.347 e. The lowest BCUT2D eigenvalue weighted by molar-refractivity contribution is 0.0700. The van der Waals surface area contributed by atoms with Gasteiger partial charge >= 0.3 is 5.97 Å². The fourth-order valence-electron chi connectivity index (χ4n) is 2.71. The fourth-order valence-corrected chi connectivity index (χ4v) is 3.73. The van der Waals surface area contributed by atoms with Gasteiger partial charge in [-0.1, -0.05) is 24.2 Å². The van der Waals surface area contributed by atoms with Crippen LogP contribution in [0.5, 0.6) is 0 Å². The van der Waals surface area contributed by atoms with Crippen molar-refractivity contribution in [2.45, 2.75) is 50.5 Å². The number of hydrogen-bond acceptors (Lipinski definition) is 4. The van der Waals surface area contributed by atoms with Gasteiger partial charge in [0.1, 0.15) is 4.88 Å². The van der Waals surface area contributed by atoms with Crippen LogP contribution in [0.25, 0.3) is 0 Å². The van der Waals surface area contributed by atoms with Gasteiger partial charge in [0.2, 0.25) is 0 Å². The lowest BCUT2D eigenvalue weighted by Crippen LogP contribution is -2.28. The monoisotopic (exact) mass is 266 g/mol. The van der Waals surface area contributed by atoms with Gasteiger partial charge in [0.15, 0.2) is 5.13 Å². The summed E-state index contributed by atoms with van der Waals surface area (Å²) in [5.74, 6) is -0.418. The predicted molar refractivity (Wildman–Crippen MR) is 71.7 cm³/mol. The minimum atomic E-state index is -0.819. The zero-order valence-corrected chi connectivity index (χ0v) is 11.4. The Bertz CT molecular complexity index is 462. The van der Waals surface area contributed by atoms with Gasteiger partial charge in [-0.15, -0.1) is 0 Å². The Morgan fingerprint density at radius 3 is 2.56 bits per heavy atom. The van der Waals surface area contributed by atoms with E-state index in [0.29, 0.717) is 16.8 Å². The predicted octanol–water partition coefficient (Wildman–Crippen LogP) is 3.10. The summed E-state index contributed by atoms with van der Waals surface area (Å²) in [5.41, 5.74) is 0.826. The maximum Gasteiger partial charge on any atom is 0.347 e. The van der Waals surface area contributed by atoms with Gasteiger partial charge in [-0.25, -0.2) is 9.78 Å². The van der Waals surface area contributed by atoms with E-state index < -0.39 is 5.97 Å². The van der Waals surface area contributed by atoms with Gasteiger partial charge in [0, 0.05) is 19.0 Å². The van der Waals surface area contributed by atoms with Gasteiger partial charge in [-0.3, -0.25) is 0 Å². The molecule has 0 aliphatic heterocycles. The van der Waals surface area contributed by atoms with Crippen molar-refractivity contribution < 1.29 is 9.90 Å². The second-order valence-electron chi connectivity index (χ2n) is 5.34. The molecule has 0 bridgehead atoms. The molecule has 18 heavy (non-hydrogen) atoms. The molecule has 0 unspecified atom stereocenters. The van der Waals surface area contributed by atoms with E-state index in [1.165, 1.54) is 37.0 Å². The molecule has 0 radical (unpaired) electrons. The largest absolute Gasteiger partial charge is 0.477 e. The molecule has 1 aromatic heterocycles. The fraction of sp³-hybridized carbons (Fsp3) is 0.692. The van der Waals surface area contributed by atoms with Gasteiger partial charge < -0.3 is 10.0 Å². The summed E-state index contributed by atoms with van der Waals surface area (Å²) in [6.45, 7) is 0. The first-order valence-electron chi connectivity index (χ1n) is 6.63. The van der Waals surface area contributed by atoms with E-state index in [1.54, 1.807) is 0 Å². The minimum Gasteiger partial charge on any atom is -0.477 e. The number of thiazole rings is 1. The number of nitrogens with zero attached hydrogens (tertiary/aromatic N) is 2. The molecule has 0 spiro atoms. The molecule has 2 aliphatic rings. The Balaban J connectivity index is 1.87. The molecule has 1 aromatic rings. The first kappa shape index (κ1) is 12.0. The van der Waals surface area contributed by atoms with E-state index in [9.17, 15) is 9.90 Å². The second-order valence-corrected chi connectivity index (χ2v) is 6.32. The first-order chi connectivity index (χ1) is 8.66. The van der Waals surface area contributed by atoms with E-state index in [4.69, 9.17) is 0 Å². The quantitative estimate of drug-likeness (QED) is 0.909. The van der Waals surface area contributed by atoms with E-state index in [1.807, 2.05) is 0 Å². The summed E-state index contributed by atoms with van der Waals surface area (Å²) in [4.78, 5) is 18.5. The van der Waals surface area contributed by atoms with Crippen LogP contribution in [0.3, 0.4) is 0 Å². The van der Waals surface area contributed by atoms with E-state index in [0.717, 1.165) is 23.7 Å². The van der Waals surface area contributed by atoms with Crippen LogP contribution in [0.1, 0.15) is 59.8 Å². The Morgan fingerprint density at radius 1 is 1.33 bits per heavy atom. The summed E-state index contributed by atoms with van der Waals surface area (Å²) in [6, 6.07) is 0.546. The molecule has 2 fully saturated rings. The molecular weight excluding hydrogens is 248 g/mol. The Hall–Kier alpha value is -1.10. The van der Waals surface area contributed by atoms with Gasteiger partial charge in [0.05, 0.1) is 5.69 Å². The van der Waals surface area contributed by atoms with Crippen molar-refractivity contribution in [2.75, 3.05) is 11.9 Å². The number of hydrogen-bond donors (Lipinski definition) is 1. The van der Waals surface area contributed by atoms with Crippen LogP contribution >= 0.6 is 11.3 Å². The molecule has 0 atom stereocenters. The molecule has 0 aromatic carbocycles. The number of aromatic carboxylic acids is 1. The maximum atomic E-state index is 11.3. The van der Waals surface area contributed by atoms with Crippen molar-refractivity contribution in [1.82, 2.24) is 4.98 Å². The minimum absolute atomic E-state index is 0.401. The van der Waals surface area contributed by atoms with Crippen LogP contribution < -0.4 is 4.90 Å². The zero-order valence-electron chi connectivity index (χ0n) is 10.6. The molecule has 4 nitrogen and oxygen atoms in total. The number of anilines is 1. The molecular formula is C13H18N2O2S. The topological polar surface area (TPSA) is 53.4 Å². The number of rotatable bonds is 4. The van der Waals surface area contributed by atoms with Crippen molar-refractivity contribution in [1.29, 1.82) is 0 Å². The van der Waals surface area contributed by atoms with Crippen LogP contribution in [0.2, 0.25) is 0 Å². The zero-order chi connectivity index (χ0) is 12.7. The Labute approximate surface area is 111 Å². The van der Waals surface area contributed by atoms with Gasteiger partial charge in [0.25, 0.3) is 0 Å². The molecule has 1 N–H and O–H groups in total. The summed E-state index contributed by atoms with van der Waals surface area (Å²) in [7, 11) is 2.05. The van der Waals surface area contributed by atoms with Crippen molar-refractivity contribution in [3.63, 3.8) is 0 Å². The third-order valence-electron chi connectivity index (χ3n) is 3.97. The summed E-state index contributed by atoms with van der Waals surface area (Å²) in [5, 5.41) is 10.1. The third kappa shape index (κ3) is 2.11.